The third-order valence-electron chi connectivity index (χ3n) is 3.38. The minimum Gasteiger partial charge on any atom is -0.481 e. The van der Waals surface area contributed by atoms with Gasteiger partial charge in [0.1, 0.15) is 11.6 Å². The summed E-state index contributed by atoms with van der Waals surface area (Å²) in [5.74, 6) is 0.900. The second-order valence-corrected chi connectivity index (χ2v) is 4.93. The lowest BCUT2D eigenvalue weighted by molar-refractivity contribution is 0.399. The van der Waals surface area contributed by atoms with Crippen molar-refractivity contribution in [1.29, 1.82) is 0 Å². The number of hydrogen-bond donors (Lipinski definition) is 0. The summed E-state index contributed by atoms with van der Waals surface area (Å²) in [5, 5.41) is 0. The fourth-order valence-electron chi connectivity index (χ4n) is 2.18. The van der Waals surface area contributed by atoms with Crippen LogP contribution in [0.1, 0.15) is 5.56 Å². The van der Waals surface area contributed by atoms with Crippen molar-refractivity contribution in [2.45, 2.75) is 6.92 Å². The molecule has 4 nitrogen and oxygen atoms in total. The summed E-state index contributed by atoms with van der Waals surface area (Å²) in [6.45, 7) is 1.70. The maximum atomic E-state index is 13.7. The number of methoxy groups -OCH3 is 1. The van der Waals surface area contributed by atoms with Crippen LogP contribution in [0.15, 0.2) is 54.9 Å². The van der Waals surface area contributed by atoms with Gasteiger partial charge in [-0.15, -0.1) is 0 Å². The van der Waals surface area contributed by atoms with E-state index in [0.717, 1.165) is 11.1 Å². The molecule has 0 aliphatic rings. The van der Waals surface area contributed by atoms with Crippen molar-refractivity contribution in [3.63, 3.8) is 0 Å². The van der Waals surface area contributed by atoms with E-state index in [1.807, 2.05) is 12.1 Å². The molecule has 0 atom stereocenters. The number of aryl methyl sites for hydroxylation is 1. The zero-order chi connectivity index (χ0) is 16.2. The van der Waals surface area contributed by atoms with Crippen LogP contribution in [0.2, 0.25) is 0 Å². The molecule has 0 bridgehead atoms. The molecule has 0 saturated carbocycles. The molecule has 23 heavy (non-hydrogen) atoms. The molecule has 116 valence electrons. The Morgan fingerprint density at radius 3 is 2.22 bits per heavy atom. The first-order valence-electron chi connectivity index (χ1n) is 7.07. The maximum absolute atomic E-state index is 13.7. The van der Waals surface area contributed by atoms with E-state index in [1.165, 1.54) is 6.07 Å². The molecule has 0 aliphatic carbocycles. The lowest BCUT2D eigenvalue weighted by Crippen LogP contribution is -1.95. The molecule has 0 unspecified atom stereocenters. The van der Waals surface area contributed by atoms with Crippen LogP contribution in [0.4, 0.5) is 4.39 Å². The van der Waals surface area contributed by atoms with Crippen molar-refractivity contribution in [1.82, 2.24) is 9.97 Å². The second kappa shape index (κ2) is 6.44. The first-order valence-corrected chi connectivity index (χ1v) is 7.07. The molecular formula is C18H15FN2O2. The van der Waals surface area contributed by atoms with Crippen LogP contribution in [-0.2, 0) is 0 Å². The molecule has 0 radical (unpaired) electrons. The first kappa shape index (κ1) is 15.0. The first-order chi connectivity index (χ1) is 11.2. The predicted octanol–water partition coefficient (Wildman–Crippen LogP) is 4.39. The molecule has 5 heteroatoms. The number of halogens is 1. The number of hydrogen-bond acceptors (Lipinski definition) is 4. The molecule has 0 N–H and O–H groups in total. The predicted molar refractivity (Wildman–Crippen MR) is 85.2 cm³/mol. The normalized spacial score (nSPS) is 10.4. The quantitative estimate of drug-likeness (QED) is 0.717. The van der Waals surface area contributed by atoms with Gasteiger partial charge in [-0.1, -0.05) is 6.07 Å². The Bertz CT molecular complexity index is 837. The molecule has 0 saturated heterocycles. The highest BCUT2D eigenvalue weighted by Gasteiger charge is 2.14. The van der Waals surface area contributed by atoms with E-state index in [0.29, 0.717) is 23.1 Å². The van der Waals surface area contributed by atoms with E-state index in [4.69, 9.17) is 9.47 Å². The molecule has 0 spiro atoms. The van der Waals surface area contributed by atoms with E-state index in [9.17, 15) is 4.39 Å². The zero-order valence-corrected chi connectivity index (χ0v) is 12.8. The Hall–Kier alpha value is -2.95. The molecule has 0 aliphatic heterocycles. The van der Waals surface area contributed by atoms with E-state index >= 15 is 0 Å². The average molecular weight is 310 g/mol. The van der Waals surface area contributed by atoms with Gasteiger partial charge in [-0.05, 0) is 42.8 Å². The average Bonchev–Trinajstić information content (AvgIpc) is 2.59. The summed E-state index contributed by atoms with van der Waals surface area (Å²) >= 11 is 0. The van der Waals surface area contributed by atoms with Gasteiger partial charge in [0.15, 0.2) is 0 Å². The van der Waals surface area contributed by atoms with Crippen LogP contribution in [0, 0.1) is 12.7 Å². The summed E-state index contributed by atoms with van der Waals surface area (Å²) < 4.78 is 24.7. The number of nitrogens with zero attached hydrogens (tertiary/aromatic N) is 2. The van der Waals surface area contributed by atoms with Crippen LogP contribution in [0.3, 0.4) is 0 Å². The highest BCUT2D eigenvalue weighted by Crippen LogP contribution is 2.35. The van der Waals surface area contributed by atoms with Crippen molar-refractivity contribution in [3.05, 3.63) is 66.2 Å². The van der Waals surface area contributed by atoms with Crippen LogP contribution in [0.5, 0.6) is 17.5 Å². The van der Waals surface area contributed by atoms with E-state index in [2.05, 4.69) is 9.97 Å². The van der Waals surface area contributed by atoms with Crippen molar-refractivity contribution >= 4 is 0 Å². The fourth-order valence-corrected chi connectivity index (χ4v) is 2.18. The Labute approximate surface area is 133 Å². The van der Waals surface area contributed by atoms with Gasteiger partial charge < -0.3 is 9.47 Å². The smallest absolute Gasteiger partial charge is 0.227 e. The van der Waals surface area contributed by atoms with Gasteiger partial charge in [0, 0.05) is 29.6 Å². The third-order valence-corrected chi connectivity index (χ3v) is 3.38. The van der Waals surface area contributed by atoms with Gasteiger partial charge in [0.2, 0.25) is 11.8 Å². The number of aromatic nitrogens is 2. The van der Waals surface area contributed by atoms with Gasteiger partial charge >= 0.3 is 0 Å². The molecule has 0 amide bonds. The van der Waals surface area contributed by atoms with Gasteiger partial charge in [-0.3, -0.25) is 0 Å². The summed E-state index contributed by atoms with van der Waals surface area (Å²) in [6, 6.07) is 12.0. The number of pyridine rings is 2. The van der Waals surface area contributed by atoms with E-state index < -0.39 is 0 Å². The topological polar surface area (TPSA) is 44.2 Å². The Kier molecular flexibility index (Phi) is 4.19. The van der Waals surface area contributed by atoms with Crippen molar-refractivity contribution < 1.29 is 13.9 Å². The van der Waals surface area contributed by atoms with E-state index in [-0.39, 0.29) is 5.82 Å². The lowest BCUT2D eigenvalue weighted by Gasteiger charge is -2.12. The third kappa shape index (κ3) is 3.13. The van der Waals surface area contributed by atoms with Crippen molar-refractivity contribution in [2.24, 2.45) is 0 Å². The monoisotopic (exact) mass is 310 g/mol. The van der Waals surface area contributed by atoms with Gasteiger partial charge in [0.05, 0.1) is 7.11 Å². The summed E-state index contributed by atoms with van der Waals surface area (Å²) in [7, 11) is 1.55. The fraction of sp³-hybridized carbons (Fsp3) is 0.111. The maximum Gasteiger partial charge on any atom is 0.227 e. The van der Waals surface area contributed by atoms with Crippen LogP contribution in [-0.4, -0.2) is 17.1 Å². The number of ether oxygens (including phenoxy) is 2. The minimum atomic E-state index is -0.320. The van der Waals surface area contributed by atoms with Gasteiger partial charge in [-0.2, -0.15) is 0 Å². The van der Waals surface area contributed by atoms with Crippen LogP contribution >= 0.6 is 0 Å². The van der Waals surface area contributed by atoms with E-state index in [1.54, 1.807) is 50.7 Å². The highest BCUT2D eigenvalue weighted by atomic mass is 19.1. The molecule has 3 aromatic rings. The standard InChI is InChI=1S/C18H15FN2O2/c1-12-7-8-13(11-16(12)19)23-18-15(6-4-10-21-18)14-5-3-9-20-17(14)22-2/h3-11H,1-2H3. The van der Waals surface area contributed by atoms with Crippen LogP contribution < -0.4 is 9.47 Å². The molecule has 2 aromatic heterocycles. The molecule has 0 fully saturated rings. The Morgan fingerprint density at radius 2 is 1.57 bits per heavy atom. The number of benzene rings is 1. The zero-order valence-electron chi connectivity index (χ0n) is 12.8. The molecule has 2 heterocycles. The summed E-state index contributed by atoms with van der Waals surface area (Å²) in [4.78, 5) is 8.43. The molecular weight excluding hydrogens is 295 g/mol. The lowest BCUT2D eigenvalue weighted by atomic mass is 10.1. The SMILES string of the molecule is COc1ncccc1-c1cccnc1Oc1ccc(C)c(F)c1. The van der Waals surface area contributed by atoms with Gasteiger partial charge in [0.25, 0.3) is 0 Å². The largest absolute Gasteiger partial charge is 0.481 e. The number of rotatable bonds is 4. The summed E-state index contributed by atoms with van der Waals surface area (Å²) in [5.41, 5.74) is 2.04. The van der Waals surface area contributed by atoms with Crippen LogP contribution in [0.25, 0.3) is 11.1 Å². The Morgan fingerprint density at radius 1 is 0.913 bits per heavy atom. The second-order valence-electron chi connectivity index (χ2n) is 4.93. The van der Waals surface area contributed by atoms with Crippen molar-refractivity contribution in [2.75, 3.05) is 7.11 Å². The summed E-state index contributed by atoms with van der Waals surface area (Å²) in [6.07, 6.45) is 3.26. The van der Waals surface area contributed by atoms with Gasteiger partial charge in [-0.25, -0.2) is 14.4 Å². The highest BCUT2D eigenvalue weighted by molar-refractivity contribution is 5.73. The molecule has 3 rings (SSSR count). The minimum absolute atomic E-state index is 0.320. The van der Waals surface area contributed by atoms with Crippen molar-refractivity contribution in [3.8, 4) is 28.6 Å². The Balaban J connectivity index is 2.02. The molecule has 1 aromatic carbocycles.